The summed E-state index contributed by atoms with van der Waals surface area (Å²) >= 11 is 1.09. The van der Waals surface area contributed by atoms with E-state index in [2.05, 4.69) is 9.69 Å². The summed E-state index contributed by atoms with van der Waals surface area (Å²) in [4.78, 5) is 37.2. The number of nitrogens with zero attached hydrogens (tertiary/aromatic N) is 3. The average molecular weight is 358 g/mol. The van der Waals surface area contributed by atoms with Gasteiger partial charge in [0.2, 0.25) is 5.91 Å². The molecule has 0 radical (unpaired) electrons. The molecule has 0 spiro atoms. The maximum absolute atomic E-state index is 12.5. The van der Waals surface area contributed by atoms with Crippen molar-refractivity contribution in [2.45, 2.75) is 33.9 Å². The van der Waals surface area contributed by atoms with Crippen LogP contribution in [0.15, 0.2) is 33.2 Å². The second kappa shape index (κ2) is 6.64. The highest BCUT2D eigenvalue weighted by Crippen LogP contribution is 2.14. The Kier molecular flexibility index (Phi) is 4.54. The largest absolute Gasteiger partial charge is 0.332 e. The maximum atomic E-state index is 12.5. The van der Waals surface area contributed by atoms with E-state index < -0.39 is 11.2 Å². The Hall–Kier alpha value is -2.74. The van der Waals surface area contributed by atoms with Gasteiger partial charge in [-0.15, -0.1) is 0 Å². The lowest BCUT2D eigenvalue weighted by Gasteiger charge is -2.11. The van der Waals surface area contributed by atoms with E-state index in [9.17, 15) is 14.4 Å². The molecule has 0 fully saturated rings. The first-order chi connectivity index (χ1) is 11.9. The molecule has 0 aliphatic carbocycles. The van der Waals surface area contributed by atoms with Crippen LogP contribution in [-0.4, -0.2) is 19.4 Å². The van der Waals surface area contributed by atoms with Crippen molar-refractivity contribution >= 4 is 34.2 Å². The van der Waals surface area contributed by atoms with Crippen LogP contribution in [0.4, 0.5) is 5.69 Å². The van der Waals surface area contributed by atoms with Crippen LogP contribution >= 0.6 is 11.5 Å². The molecule has 0 aliphatic rings. The zero-order valence-electron chi connectivity index (χ0n) is 14.2. The molecule has 7 nitrogen and oxygen atoms in total. The van der Waals surface area contributed by atoms with E-state index in [1.165, 1.54) is 4.57 Å². The zero-order valence-corrected chi connectivity index (χ0v) is 15.0. The van der Waals surface area contributed by atoms with E-state index in [0.717, 1.165) is 27.2 Å². The van der Waals surface area contributed by atoms with E-state index >= 15 is 0 Å². The Morgan fingerprint density at radius 2 is 1.96 bits per heavy atom. The topological polar surface area (TPSA) is 86.0 Å². The molecule has 0 aliphatic heterocycles. The Morgan fingerprint density at radius 3 is 2.64 bits per heavy atom. The molecule has 1 N–H and O–H groups in total. The number of hydrogen-bond donors (Lipinski definition) is 1. The summed E-state index contributed by atoms with van der Waals surface area (Å²) in [6, 6.07) is 5.62. The third-order valence-corrected chi connectivity index (χ3v) is 4.78. The van der Waals surface area contributed by atoms with Crippen molar-refractivity contribution in [2.75, 3.05) is 5.32 Å². The van der Waals surface area contributed by atoms with Crippen LogP contribution in [0.25, 0.3) is 11.0 Å². The van der Waals surface area contributed by atoms with Crippen LogP contribution in [0.2, 0.25) is 0 Å². The number of carbonyl (C=O) groups excluding carboxylic acids is 1. The number of aryl methyl sites for hydroxylation is 2. The third-order valence-electron chi connectivity index (χ3n) is 4.16. The fourth-order valence-corrected chi connectivity index (χ4v) is 3.30. The second-order valence-corrected chi connectivity index (χ2v) is 6.44. The number of aromatic nitrogens is 3. The SMILES string of the molecule is CCn1c(=O)c2nscc2n(CC(=O)Nc2ccc(C)c(C)c2)c1=O. The normalized spacial score (nSPS) is 11.0. The van der Waals surface area contributed by atoms with Gasteiger partial charge in [-0.3, -0.25) is 18.7 Å². The number of benzene rings is 1. The molecule has 3 rings (SSSR count). The van der Waals surface area contributed by atoms with Crippen LogP contribution < -0.4 is 16.6 Å². The molecule has 8 heteroatoms. The van der Waals surface area contributed by atoms with Crippen LogP contribution in [-0.2, 0) is 17.9 Å². The zero-order chi connectivity index (χ0) is 18.1. The molecular weight excluding hydrogens is 340 g/mol. The van der Waals surface area contributed by atoms with E-state index in [1.54, 1.807) is 12.3 Å². The molecule has 1 amide bonds. The van der Waals surface area contributed by atoms with Gasteiger partial charge in [0, 0.05) is 17.6 Å². The van der Waals surface area contributed by atoms with E-state index in [0.29, 0.717) is 11.2 Å². The van der Waals surface area contributed by atoms with Gasteiger partial charge in [0.05, 0.1) is 5.52 Å². The summed E-state index contributed by atoms with van der Waals surface area (Å²) in [5.74, 6) is -0.334. The van der Waals surface area contributed by atoms with Gasteiger partial charge in [-0.25, -0.2) is 4.79 Å². The summed E-state index contributed by atoms with van der Waals surface area (Å²) in [5.41, 5.74) is 2.55. The number of fused-ring (bicyclic) bond motifs is 1. The van der Waals surface area contributed by atoms with Gasteiger partial charge < -0.3 is 5.32 Å². The van der Waals surface area contributed by atoms with E-state index in [-0.39, 0.29) is 24.5 Å². The van der Waals surface area contributed by atoms with Crippen LogP contribution in [0.3, 0.4) is 0 Å². The second-order valence-electron chi connectivity index (χ2n) is 5.81. The molecule has 2 heterocycles. The molecule has 25 heavy (non-hydrogen) atoms. The minimum Gasteiger partial charge on any atom is -0.325 e. The Labute approximate surface area is 147 Å². The van der Waals surface area contributed by atoms with Gasteiger partial charge in [-0.05, 0) is 55.6 Å². The first-order valence-electron chi connectivity index (χ1n) is 7.87. The van der Waals surface area contributed by atoms with Crippen LogP contribution in [0, 0.1) is 13.8 Å². The van der Waals surface area contributed by atoms with Crippen molar-refractivity contribution in [2.24, 2.45) is 0 Å². The number of nitrogens with one attached hydrogen (secondary N) is 1. The molecule has 1 aromatic carbocycles. The smallest absolute Gasteiger partial charge is 0.325 e. The number of carbonyl (C=O) groups is 1. The van der Waals surface area contributed by atoms with Crippen molar-refractivity contribution in [1.29, 1.82) is 0 Å². The standard InChI is InChI=1S/C17H18N4O3S/c1-4-20-16(23)15-13(9-25-19-15)21(17(20)24)8-14(22)18-12-6-5-10(2)11(3)7-12/h5-7,9H,4,8H2,1-3H3,(H,18,22). The molecule has 0 saturated carbocycles. The van der Waals surface area contributed by atoms with Gasteiger partial charge in [0.15, 0.2) is 5.52 Å². The van der Waals surface area contributed by atoms with Crippen molar-refractivity contribution in [3.05, 3.63) is 55.5 Å². The molecule has 0 bridgehead atoms. The summed E-state index contributed by atoms with van der Waals surface area (Å²) in [5, 5.41) is 4.40. The number of anilines is 1. The summed E-state index contributed by atoms with van der Waals surface area (Å²) in [6.07, 6.45) is 0. The lowest BCUT2D eigenvalue weighted by Crippen LogP contribution is -2.41. The minimum atomic E-state index is -0.504. The van der Waals surface area contributed by atoms with Gasteiger partial charge in [0.1, 0.15) is 6.54 Å². The lowest BCUT2D eigenvalue weighted by molar-refractivity contribution is -0.116. The maximum Gasteiger partial charge on any atom is 0.332 e. The predicted octanol–water partition coefficient (Wildman–Crippen LogP) is 1.90. The number of rotatable bonds is 4. The van der Waals surface area contributed by atoms with Crippen LogP contribution in [0.5, 0.6) is 0 Å². The Morgan fingerprint density at radius 1 is 1.20 bits per heavy atom. The molecule has 3 aromatic rings. The lowest BCUT2D eigenvalue weighted by atomic mass is 10.1. The molecule has 0 unspecified atom stereocenters. The summed E-state index contributed by atoms with van der Waals surface area (Å²) in [6.45, 7) is 5.72. The summed E-state index contributed by atoms with van der Waals surface area (Å²) in [7, 11) is 0. The van der Waals surface area contributed by atoms with Crippen molar-refractivity contribution in [1.82, 2.24) is 13.5 Å². The highest BCUT2D eigenvalue weighted by atomic mass is 32.1. The third kappa shape index (κ3) is 3.12. The highest BCUT2D eigenvalue weighted by Gasteiger charge is 2.16. The number of amides is 1. The highest BCUT2D eigenvalue weighted by molar-refractivity contribution is 7.04. The van der Waals surface area contributed by atoms with Gasteiger partial charge >= 0.3 is 5.69 Å². The number of hydrogen-bond acceptors (Lipinski definition) is 5. The first kappa shape index (κ1) is 17.1. The Balaban J connectivity index is 1.96. The molecule has 0 atom stereocenters. The fourth-order valence-electron chi connectivity index (χ4n) is 2.63. The Bertz CT molecular complexity index is 1080. The van der Waals surface area contributed by atoms with Gasteiger partial charge in [-0.2, -0.15) is 4.37 Å². The first-order valence-corrected chi connectivity index (χ1v) is 8.71. The van der Waals surface area contributed by atoms with Gasteiger partial charge in [0.25, 0.3) is 5.56 Å². The average Bonchev–Trinajstić information content (AvgIpc) is 3.05. The minimum absolute atomic E-state index is 0.180. The van der Waals surface area contributed by atoms with Crippen LogP contribution in [0.1, 0.15) is 18.1 Å². The molecular formula is C17H18N4O3S. The summed E-state index contributed by atoms with van der Waals surface area (Å²) < 4.78 is 6.44. The van der Waals surface area contributed by atoms with E-state index in [1.807, 2.05) is 32.0 Å². The fraction of sp³-hybridized carbons (Fsp3) is 0.294. The van der Waals surface area contributed by atoms with Gasteiger partial charge in [-0.1, -0.05) is 6.07 Å². The van der Waals surface area contributed by atoms with E-state index in [4.69, 9.17) is 0 Å². The molecule has 0 saturated heterocycles. The van der Waals surface area contributed by atoms with Crippen molar-refractivity contribution in [3.63, 3.8) is 0 Å². The van der Waals surface area contributed by atoms with Crippen molar-refractivity contribution in [3.8, 4) is 0 Å². The predicted molar refractivity (Wildman–Crippen MR) is 98.4 cm³/mol. The van der Waals surface area contributed by atoms with Crippen molar-refractivity contribution < 1.29 is 4.79 Å². The quantitative estimate of drug-likeness (QED) is 0.772. The monoisotopic (exact) mass is 358 g/mol. The molecule has 2 aromatic heterocycles. The molecule has 130 valence electrons.